The summed E-state index contributed by atoms with van der Waals surface area (Å²) in [6.45, 7) is 3.18. The summed E-state index contributed by atoms with van der Waals surface area (Å²) in [7, 11) is 0. The normalized spacial score (nSPS) is 11.6. The van der Waals surface area contributed by atoms with Gasteiger partial charge in [-0.3, -0.25) is 0 Å². The molecule has 0 aliphatic carbocycles. The second-order valence-corrected chi connectivity index (χ2v) is 12.3. The van der Waals surface area contributed by atoms with Crippen LogP contribution >= 0.6 is 0 Å². The highest BCUT2D eigenvalue weighted by molar-refractivity contribution is 6.22. The van der Waals surface area contributed by atoms with E-state index in [2.05, 4.69) is 181 Å². The van der Waals surface area contributed by atoms with Crippen LogP contribution in [-0.2, 0) is 6.54 Å². The van der Waals surface area contributed by atoms with Crippen molar-refractivity contribution in [1.29, 1.82) is 0 Å². The molecule has 8 aromatic carbocycles. The highest BCUT2D eigenvalue weighted by Gasteiger charge is 2.19. The second kappa shape index (κ2) is 11.2. The lowest BCUT2D eigenvalue weighted by Gasteiger charge is -2.19. The van der Waals surface area contributed by atoms with E-state index in [0.717, 1.165) is 6.54 Å². The van der Waals surface area contributed by atoms with Crippen LogP contribution in [0.15, 0.2) is 170 Å². The Morgan fingerprint density at radius 1 is 0.340 bits per heavy atom. The predicted octanol–water partition coefficient (Wildman–Crippen LogP) is 12.8. The Hall–Kier alpha value is -5.92. The molecule has 0 amide bonds. The van der Waals surface area contributed by atoms with Crippen molar-refractivity contribution in [3.8, 4) is 44.5 Å². The van der Waals surface area contributed by atoms with E-state index in [1.807, 2.05) is 0 Å². The SMILES string of the molecule is CCn1c2ccccc2c2cc(-c3ccc(-c4c5ccccc5c(-c5ccccc5-c5ccccc5)c5ccccc45)cc3)ccc21. The number of nitrogens with zero attached hydrogens (tertiary/aromatic N) is 1. The molecular formula is C46H33N. The Labute approximate surface area is 275 Å². The van der Waals surface area contributed by atoms with Crippen LogP contribution < -0.4 is 0 Å². The topological polar surface area (TPSA) is 4.93 Å². The van der Waals surface area contributed by atoms with Crippen molar-refractivity contribution >= 4 is 43.4 Å². The lowest BCUT2D eigenvalue weighted by Crippen LogP contribution is -1.93. The zero-order chi connectivity index (χ0) is 31.3. The molecule has 222 valence electrons. The maximum Gasteiger partial charge on any atom is 0.0491 e. The van der Waals surface area contributed by atoms with E-state index >= 15 is 0 Å². The van der Waals surface area contributed by atoms with Crippen molar-refractivity contribution in [2.75, 3.05) is 0 Å². The van der Waals surface area contributed by atoms with E-state index in [4.69, 9.17) is 0 Å². The number of benzene rings is 8. The molecule has 0 radical (unpaired) electrons. The molecule has 0 spiro atoms. The standard InChI is InChI=1S/C46H33N/c1-2-47-43-23-13-12-17-36(43)42-30-34(28-29-44(42)47)31-24-26-33(27-25-31)45-38-19-8-10-21-40(38)46(41-22-11-9-20-39(41)45)37-18-7-6-16-35(37)32-14-4-3-5-15-32/h3-30H,2H2,1H3. The number of hydrogen-bond donors (Lipinski definition) is 0. The zero-order valence-electron chi connectivity index (χ0n) is 26.3. The minimum absolute atomic E-state index is 0.955. The summed E-state index contributed by atoms with van der Waals surface area (Å²) < 4.78 is 2.41. The van der Waals surface area contributed by atoms with Gasteiger partial charge in [0.15, 0.2) is 0 Å². The van der Waals surface area contributed by atoms with Gasteiger partial charge in [-0.15, -0.1) is 0 Å². The summed E-state index contributed by atoms with van der Waals surface area (Å²) in [5.74, 6) is 0. The van der Waals surface area contributed by atoms with Gasteiger partial charge in [0, 0.05) is 28.4 Å². The van der Waals surface area contributed by atoms with Crippen molar-refractivity contribution in [3.63, 3.8) is 0 Å². The predicted molar refractivity (Wildman–Crippen MR) is 202 cm³/mol. The van der Waals surface area contributed by atoms with Crippen molar-refractivity contribution in [2.45, 2.75) is 13.5 Å². The Bertz CT molecular complexity index is 2530. The fourth-order valence-corrected chi connectivity index (χ4v) is 7.70. The zero-order valence-corrected chi connectivity index (χ0v) is 26.3. The van der Waals surface area contributed by atoms with Gasteiger partial charge >= 0.3 is 0 Å². The molecule has 0 unspecified atom stereocenters. The summed E-state index contributed by atoms with van der Waals surface area (Å²) in [6, 6.07) is 62.3. The van der Waals surface area contributed by atoms with Gasteiger partial charge in [-0.2, -0.15) is 0 Å². The molecule has 0 atom stereocenters. The van der Waals surface area contributed by atoms with Crippen molar-refractivity contribution in [2.24, 2.45) is 0 Å². The maximum absolute atomic E-state index is 2.41. The van der Waals surface area contributed by atoms with Gasteiger partial charge in [0.05, 0.1) is 0 Å². The molecule has 1 nitrogen and oxygen atoms in total. The molecular weight excluding hydrogens is 567 g/mol. The van der Waals surface area contributed by atoms with E-state index in [-0.39, 0.29) is 0 Å². The number of rotatable bonds is 5. The molecule has 0 N–H and O–H groups in total. The van der Waals surface area contributed by atoms with Crippen LogP contribution in [0, 0.1) is 0 Å². The van der Waals surface area contributed by atoms with E-state index in [1.54, 1.807) is 0 Å². The van der Waals surface area contributed by atoms with Gasteiger partial charge < -0.3 is 4.57 Å². The van der Waals surface area contributed by atoms with Crippen LogP contribution in [0.5, 0.6) is 0 Å². The van der Waals surface area contributed by atoms with Crippen LogP contribution in [0.25, 0.3) is 87.9 Å². The van der Waals surface area contributed by atoms with Gasteiger partial charge in [0.2, 0.25) is 0 Å². The Kier molecular flexibility index (Phi) is 6.50. The lowest BCUT2D eigenvalue weighted by molar-refractivity contribution is 0.827. The second-order valence-electron chi connectivity index (χ2n) is 12.3. The first kappa shape index (κ1) is 27.4. The van der Waals surface area contributed by atoms with Gasteiger partial charge in [-0.25, -0.2) is 0 Å². The smallest absolute Gasteiger partial charge is 0.0491 e. The average Bonchev–Trinajstić information content (AvgIpc) is 3.47. The Morgan fingerprint density at radius 2 is 0.830 bits per heavy atom. The molecule has 1 heteroatoms. The number of para-hydroxylation sites is 1. The Balaban J connectivity index is 1.22. The molecule has 0 aliphatic heterocycles. The monoisotopic (exact) mass is 599 g/mol. The van der Waals surface area contributed by atoms with Crippen LogP contribution in [0.2, 0.25) is 0 Å². The molecule has 9 aromatic rings. The van der Waals surface area contributed by atoms with Crippen molar-refractivity contribution in [1.82, 2.24) is 4.57 Å². The van der Waals surface area contributed by atoms with Crippen LogP contribution in [0.1, 0.15) is 6.92 Å². The quantitative estimate of drug-likeness (QED) is 0.173. The molecule has 1 aromatic heterocycles. The summed E-state index contributed by atoms with van der Waals surface area (Å²) >= 11 is 0. The molecule has 0 saturated carbocycles. The third-order valence-electron chi connectivity index (χ3n) is 9.81. The summed E-state index contributed by atoms with van der Waals surface area (Å²) in [5.41, 5.74) is 12.6. The molecule has 0 aliphatic rings. The number of aryl methyl sites for hydroxylation is 1. The molecule has 0 saturated heterocycles. The van der Waals surface area contributed by atoms with E-state index in [0.29, 0.717) is 0 Å². The third-order valence-corrected chi connectivity index (χ3v) is 9.81. The first-order valence-electron chi connectivity index (χ1n) is 16.5. The van der Waals surface area contributed by atoms with E-state index in [1.165, 1.54) is 87.9 Å². The van der Waals surface area contributed by atoms with Gasteiger partial charge in [0.25, 0.3) is 0 Å². The van der Waals surface area contributed by atoms with E-state index < -0.39 is 0 Å². The highest BCUT2D eigenvalue weighted by Crippen LogP contribution is 2.46. The Morgan fingerprint density at radius 3 is 1.49 bits per heavy atom. The first-order valence-corrected chi connectivity index (χ1v) is 16.5. The minimum atomic E-state index is 0.955. The van der Waals surface area contributed by atoms with Crippen molar-refractivity contribution in [3.05, 3.63) is 170 Å². The fourth-order valence-electron chi connectivity index (χ4n) is 7.70. The highest BCUT2D eigenvalue weighted by atomic mass is 15.0. The van der Waals surface area contributed by atoms with Gasteiger partial charge in [0.1, 0.15) is 0 Å². The van der Waals surface area contributed by atoms with Crippen LogP contribution in [0.4, 0.5) is 0 Å². The lowest BCUT2D eigenvalue weighted by atomic mass is 9.83. The average molecular weight is 600 g/mol. The number of fused-ring (bicyclic) bond motifs is 5. The molecule has 47 heavy (non-hydrogen) atoms. The third kappa shape index (κ3) is 4.39. The number of hydrogen-bond acceptors (Lipinski definition) is 0. The van der Waals surface area contributed by atoms with Crippen LogP contribution in [-0.4, -0.2) is 4.57 Å². The summed E-state index contributed by atoms with van der Waals surface area (Å²) in [5, 5.41) is 7.70. The maximum atomic E-state index is 2.41. The van der Waals surface area contributed by atoms with Gasteiger partial charge in [-0.1, -0.05) is 152 Å². The first-order chi connectivity index (χ1) is 23.3. The van der Waals surface area contributed by atoms with E-state index in [9.17, 15) is 0 Å². The number of aromatic nitrogens is 1. The fraction of sp³-hybridized carbons (Fsp3) is 0.0435. The minimum Gasteiger partial charge on any atom is -0.341 e. The van der Waals surface area contributed by atoms with Crippen LogP contribution in [0.3, 0.4) is 0 Å². The van der Waals surface area contributed by atoms with Crippen molar-refractivity contribution < 1.29 is 0 Å². The summed E-state index contributed by atoms with van der Waals surface area (Å²) in [6.07, 6.45) is 0. The van der Waals surface area contributed by atoms with Gasteiger partial charge in [-0.05, 0) is 91.2 Å². The molecule has 0 fully saturated rings. The largest absolute Gasteiger partial charge is 0.341 e. The molecule has 1 heterocycles. The molecule has 0 bridgehead atoms. The molecule has 9 rings (SSSR count). The summed E-state index contributed by atoms with van der Waals surface area (Å²) in [4.78, 5) is 0.